The fourth-order valence-electron chi connectivity index (χ4n) is 3.27. The monoisotopic (exact) mass is 495 g/mol. The molecule has 1 saturated heterocycles. The number of ether oxygens (including phenoxy) is 2. The largest absolute Gasteiger partial charge is 0.493 e. The van der Waals surface area contributed by atoms with Crippen molar-refractivity contribution in [2.45, 2.75) is 5.09 Å². The number of hydrogen-bond acceptors (Lipinski definition) is 9. The molecule has 14 heteroatoms. The lowest BCUT2D eigenvalue weighted by molar-refractivity contribution is -0.123. The van der Waals surface area contributed by atoms with Crippen LogP contribution < -0.4 is 26.1 Å². The molecule has 4 N–H and O–H groups in total. The van der Waals surface area contributed by atoms with Crippen LogP contribution in [0, 0.1) is 0 Å². The van der Waals surface area contributed by atoms with Crippen LogP contribution in [-0.4, -0.2) is 82.3 Å². The highest BCUT2D eigenvalue weighted by atomic mass is 32.2. The highest BCUT2D eigenvalue weighted by Gasteiger charge is 2.32. The number of sulfonamides is 1. The minimum Gasteiger partial charge on any atom is -0.493 e. The molecule has 0 bridgehead atoms. The van der Waals surface area contributed by atoms with Gasteiger partial charge >= 0.3 is 0 Å². The van der Waals surface area contributed by atoms with E-state index in [0.717, 1.165) is 0 Å². The Morgan fingerprint density at radius 3 is 2.26 bits per heavy atom. The normalized spacial score (nSPS) is 14.9. The zero-order chi connectivity index (χ0) is 24.9. The molecular weight excluding hydrogens is 470 g/mol. The number of nitrogens with two attached hydrogens (primary N) is 1. The number of carbonyl (C=O) groups excluding carboxylic acids is 3. The van der Waals surface area contributed by atoms with Gasteiger partial charge in [-0.1, -0.05) is 0 Å². The lowest BCUT2D eigenvalue weighted by atomic mass is 10.2. The number of methoxy groups -OCH3 is 2. The zero-order valence-electron chi connectivity index (χ0n) is 18.6. The lowest BCUT2D eigenvalue weighted by Crippen LogP contribution is -2.52. The van der Waals surface area contributed by atoms with Crippen molar-refractivity contribution in [3.8, 4) is 11.5 Å². The molecule has 0 spiro atoms. The van der Waals surface area contributed by atoms with Gasteiger partial charge in [-0.2, -0.15) is 4.31 Å². The van der Waals surface area contributed by atoms with Gasteiger partial charge in [-0.25, -0.2) is 8.42 Å². The molecule has 1 aliphatic rings. The van der Waals surface area contributed by atoms with E-state index in [2.05, 4.69) is 10.9 Å². The molecule has 184 valence electrons. The Hall–Kier alpha value is -3.62. The maximum Gasteiger partial charge on any atom is 0.284 e. The van der Waals surface area contributed by atoms with Gasteiger partial charge in [0.1, 0.15) is 0 Å². The van der Waals surface area contributed by atoms with Gasteiger partial charge in [0.15, 0.2) is 17.3 Å². The number of amides is 3. The van der Waals surface area contributed by atoms with Crippen LogP contribution in [0.1, 0.15) is 20.9 Å². The SMILES string of the molecule is COc1ccc(C(=O)NNC(=O)CN2CCN(S(=O)(=O)c3ccc(C(N)=O)o3)CC2)cc1OC. The molecule has 13 nitrogen and oxygen atoms in total. The third-order valence-corrected chi connectivity index (χ3v) is 6.85. The van der Waals surface area contributed by atoms with E-state index in [-0.39, 0.29) is 49.1 Å². The molecule has 1 fully saturated rings. The van der Waals surface area contributed by atoms with Crippen molar-refractivity contribution >= 4 is 27.7 Å². The predicted octanol–water partition coefficient (Wildman–Crippen LogP) is -0.837. The van der Waals surface area contributed by atoms with Crippen molar-refractivity contribution < 1.29 is 36.7 Å². The summed E-state index contributed by atoms with van der Waals surface area (Å²) >= 11 is 0. The summed E-state index contributed by atoms with van der Waals surface area (Å²) in [5.74, 6) is -1.29. The fourth-order valence-corrected chi connectivity index (χ4v) is 4.60. The van der Waals surface area contributed by atoms with Crippen LogP contribution in [-0.2, 0) is 14.8 Å². The molecule has 2 aromatic rings. The molecule has 3 rings (SSSR count). The molecule has 0 atom stereocenters. The number of nitrogens with zero attached hydrogens (tertiary/aromatic N) is 2. The molecule has 0 unspecified atom stereocenters. The summed E-state index contributed by atoms with van der Waals surface area (Å²) in [5.41, 5.74) is 10.0. The molecule has 3 amide bonds. The Bertz CT molecular complexity index is 1170. The van der Waals surface area contributed by atoms with E-state index >= 15 is 0 Å². The summed E-state index contributed by atoms with van der Waals surface area (Å²) in [6, 6.07) is 6.95. The number of hydrazine groups is 1. The van der Waals surface area contributed by atoms with E-state index < -0.39 is 27.7 Å². The summed E-state index contributed by atoms with van der Waals surface area (Å²) < 4.78 is 41.8. The van der Waals surface area contributed by atoms with Gasteiger partial charge < -0.3 is 19.6 Å². The van der Waals surface area contributed by atoms with Crippen molar-refractivity contribution in [1.29, 1.82) is 0 Å². The molecule has 1 aliphatic heterocycles. The van der Waals surface area contributed by atoms with Crippen LogP contribution in [0.15, 0.2) is 39.8 Å². The Morgan fingerprint density at radius 1 is 1.00 bits per heavy atom. The fraction of sp³-hybridized carbons (Fsp3) is 0.350. The van der Waals surface area contributed by atoms with E-state index in [4.69, 9.17) is 19.6 Å². The van der Waals surface area contributed by atoms with Crippen LogP contribution in [0.4, 0.5) is 0 Å². The van der Waals surface area contributed by atoms with Crippen LogP contribution in [0.25, 0.3) is 0 Å². The van der Waals surface area contributed by atoms with Gasteiger partial charge in [-0.3, -0.25) is 30.1 Å². The summed E-state index contributed by atoms with van der Waals surface area (Å²) in [5, 5.41) is -0.370. The number of rotatable bonds is 8. The minimum atomic E-state index is -3.93. The van der Waals surface area contributed by atoms with Crippen molar-refractivity contribution in [3.63, 3.8) is 0 Å². The van der Waals surface area contributed by atoms with Gasteiger partial charge in [0, 0.05) is 31.7 Å². The second-order valence-corrected chi connectivity index (χ2v) is 9.10. The average molecular weight is 496 g/mol. The van der Waals surface area contributed by atoms with Gasteiger partial charge in [0.05, 0.1) is 20.8 Å². The number of piperazine rings is 1. The van der Waals surface area contributed by atoms with Crippen molar-refractivity contribution in [3.05, 3.63) is 41.7 Å². The van der Waals surface area contributed by atoms with Gasteiger partial charge in [0.25, 0.3) is 27.7 Å². The van der Waals surface area contributed by atoms with Gasteiger partial charge in [-0.15, -0.1) is 0 Å². The number of benzene rings is 1. The Morgan fingerprint density at radius 2 is 1.68 bits per heavy atom. The molecule has 34 heavy (non-hydrogen) atoms. The topological polar surface area (TPSA) is 174 Å². The first kappa shape index (κ1) is 25.0. The van der Waals surface area contributed by atoms with Crippen LogP contribution in [0.2, 0.25) is 0 Å². The zero-order valence-corrected chi connectivity index (χ0v) is 19.4. The second-order valence-electron chi connectivity index (χ2n) is 7.24. The average Bonchev–Trinajstić information content (AvgIpc) is 3.34. The molecule has 1 aromatic heterocycles. The molecule has 2 heterocycles. The number of primary amides is 1. The number of nitrogens with one attached hydrogen (secondary N) is 2. The van der Waals surface area contributed by atoms with E-state index in [0.29, 0.717) is 11.5 Å². The van der Waals surface area contributed by atoms with Gasteiger partial charge in [-0.05, 0) is 30.3 Å². The third-order valence-electron chi connectivity index (χ3n) is 5.08. The van der Waals surface area contributed by atoms with Crippen LogP contribution in [0.3, 0.4) is 0 Å². The smallest absolute Gasteiger partial charge is 0.284 e. The van der Waals surface area contributed by atoms with E-state index in [1.54, 1.807) is 11.0 Å². The van der Waals surface area contributed by atoms with Crippen LogP contribution in [0.5, 0.6) is 11.5 Å². The first-order valence-corrected chi connectivity index (χ1v) is 11.5. The van der Waals surface area contributed by atoms with Gasteiger partial charge in [0.2, 0.25) is 5.09 Å². The van der Waals surface area contributed by atoms with Crippen molar-refractivity contribution in [1.82, 2.24) is 20.1 Å². The quantitative estimate of drug-likeness (QED) is 0.395. The Labute approximate surface area is 195 Å². The number of furan rings is 1. The van der Waals surface area contributed by atoms with Crippen molar-refractivity contribution in [2.75, 3.05) is 46.9 Å². The molecular formula is C20H25N5O8S. The summed E-state index contributed by atoms with van der Waals surface area (Å²) in [4.78, 5) is 37.4. The standard InChI is InChI=1S/C20H25N5O8S/c1-31-14-4-3-13(11-16(14)32-2)20(28)23-22-17(26)12-24-7-9-25(10-8-24)34(29,30)18-6-5-15(33-18)19(21)27/h3-6,11H,7-10,12H2,1-2H3,(H2,21,27)(H,22,26)(H,23,28). The Kier molecular flexibility index (Phi) is 7.75. The first-order valence-electron chi connectivity index (χ1n) is 10.1. The molecule has 0 radical (unpaired) electrons. The highest BCUT2D eigenvalue weighted by Crippen LogP contribution is 2.27. The van der Waals surface area contributed by atoms with E-state index in [9.17, 15) is 22.8 Å². The van der Waals surface area contributed by atoms with E-state index in [1.807, 2.05) is 0 Å². The lowest BCUT2D eigenvalue weighted by Gasteiger charge is -2.32. The second kappa shape index (κ2) is 10.5. The number of carbonyl (C=O) groups is 3. The third kappa shape index (κ3) is 5.65. The molecule has 0 aliphatic carbocycles. The minimum absolute atomic E-state index is 0.0489. The van der Waals surface area contributed by atoms with E-state index in [1.165, 1.54) is 42.8 Å². The highest BCUT2D eigenvalue weighted by molar-refractivity contribution is 7.89. The predicted molar refractivity (Wildman–Crippen MR) is 118 cm³/mol. The maximum absolute atomic E-state index is 12.7. The van der Waals surface area contributed by atoms with Crippen LogP contribution >= 0.6 is 0 Å². The maximum atomic E-state index is 12.7. The molecule has 1 aromatic carbocycles. The summed E-state index contributed by atoms with van der Waals surface area (Å²) in [6.07, 6.45) is 0. The van der Waals surface area contributed by atoms with Crippen molar-refractivity contribution in [2.24, 2.45) is 5.73 Å². The first-order chi connectivity index (χ1) is 16.1. The molecule has 0 saturated carbocycles. The summed E-state index contributed by atoms with van der Waals surface area (Å²) in [7, 11) is -1.01. The Balaban J connectivity index is 1.48. The summed E-state index contributed by atoms with van der Waals surface area (Å²) in [6.45, 7) is 0.729. The number of hydrogen-bond donors (Lipinski definition) is 3.